The lowest BCUT2D eigenvalue weighted by Gasteiger charge is -2.40. The van der Waals surface area contributed by atoms with Crippen LogP contribution < -0.4 is 5.32 Å². The summed E-state index contributed by atoms with van der Waals surface area (Å²) in [6.45, 7) is 1.65. The molecule has 2 nitrogen and oxygen atoms in total. The lowest BCUT2D eigenvalue weighted by Crippen LogP contribution is -2.43. The zero-order valence-electron chi connectivity index (χ0n) is 11.0. The summed E-state index contributed by atoms with van der Waals surface area (Å²) in [4.78, 5) is 0. The molecule has 108 valence electrons. The first kappa shape index (κ1) is 15.2. The first-order valence-electron chi connectivity index (χ1n) is 6.37. The molecule has 0 aromatic carbocycles. The topological polar surface area (TPSA) is 25.2 Å². The predicted molar refractivity (Wildman–Crippen MR) is 77.8 cm³/mol. The molecule has 1 saturated carbocycles. The number of nitrogens with one attached hydrogen (secondary N) is 1. The van der Waals surface area contributed by atoms with Crippen LogP contribution in [0.4, 0.5) is 8.78 Å². The standard InChI is InChI=1S/C13H19F2NOS2/c1-18-13(5-2-6-13)9-16-7-10-3-4-11(17-10)8-19-12(14)15/h3-4,12,16H,2,5-9H2,1H3. The van der Waals surface area contributed by atoms with E-state index in [0.29, 0.717) is 28.8 Å². The van der Waals surface area contributed by atoms with Crippen LogP contribution in [0.25, 0.3) is 0 Å². The van der Waals surface area contributed by atoms with E-state index in [1.165, 1.54) is 19.3 Å². The molecule has 0 amide bonds. The van der Waals surface area contributed by atoms with Gasteiger partial charge in [-0.05, 0) is 31.2 Å². The number of hydrogen-bond acceptors (Lipinski definition) is 4. The van der Waals surface area contributed by atoms with E-state index in [0.717, 1.165) is 12.3 Å². The fourth-order valence-electron chi connectivity index (χ4n) is 2.18. The third-order valence-corrected chi connectivity index (χ3v) is 5.63. The lowest BCUT2D eigenvalue weighted by atomic mass is 9.84. The minimum Gasteiger partial charge on any atom is -0.464 e. The maximum absolute atomic E-state index is 12.1. The Morgan fingerprint density at radius 1 is 1.37 bits per heavy atom. The van der Waals surface area contributed by atoms with Crippen LogP contribution in [0.1, 0.15) is 30.8 Å². The maximum atomic E-state index is 12.1. The van der Waals surface area contributed by atoms with E-state index in [-0.39, 0.29) is 5.75 Å². The molecular formula is C13H19F2NOS2. The molecule has 0 unspecified atom stereocenters. The zero-order valence-corrected chi connectivity index (χ0v) is 12.6. The molecule has 0 atom stereocenters. The Hall–Kier alpha value is -0.200. The molecule has 1 aromatic rings. The highest BCUT2D eigenvalue weighted by Crippen LogP contribution is 2.42. The van der Waals surface area contributed by atoms with Crippen molar-refractivity contribution in [2.24, 2.45) is 0 Å². The third-order valence-electron chi connectivity index (χ3n) is 3.51. The SMILES string of the molecule is CSC1(CNCc2ccc(CSC(F)F)o2)CCC1. The fourth-order valence-corrected chi connectivity index (χ4v) is 3.57. The van der Waals surface area contributed by atoms with Gasteiger partial charge in [-0.25, -0.2) is 0 Å². The summed E-state index contributed by atoms with van der Waals surface area (Å²) < 4.78 is 30.0. The molecule has 6 heteroatoms. The van der Waals surface area contributed by atoms with Crippen molar-refractivity contribution < 1.29 is 13.2 Å². The summed E-state index contributed by atoms with van der Waals surface area (Å²) in [5, 5.41) is 3.40. The number of rotatable bonds is 8. The van der Waals surface area contributed by atoms with Gasteiger partial charge < -0.3 is 9.73 Å². The summed E-state index contributed by atoms with van der Waals surface area (Å²) in [6.07, 6.45) is 6.02. The summed E-state index contributed by atoms with van der Waals surface area (Å²) in [6, 6.07) is 3.64. The van der Waals surface area contributed by atoms with E-state index in [9.17, 15) is 8.78 Å². The first-order chi connectivity index (χ1) is 9.13. The van der Waals surface area contributed by atoms with Gasteiger partial charge in [-0.3, -0.25) is 0 Å². The van der Waals surface area contributed by atoms with Crippen molar-refractivity contribution >= 4 is 23.5 Å². The highest BCUT2D eigenvalue weighted by atomic mass is 32.2. The van der Waals surface area contributed by atoms with Gasteiger partial charge in [0.1, 0.15) is 11.5 Å². The van der Waals surface area contributed by atoms with Gasteiger partial charge in [0, 0.05) is 11.3 Å². The van der Waals surface area contributed by atoms with Crippen molar-refractivity contribution in [2.75, 3.05) is 12.8 Å². The van der Waals surface area contributed by atoms with E-state index in [2.05, 4.69) is 11.6 Å². The molecule has 0 aliphatic heterocycles. The first-order valence-corrected chi connectivity index (χ1v) is 8.64. The van der Waals surface area contributed by atoms with Crippen LogP contribution in [0.5, 0.6) is 0 Å². The molecule has 0 bridgehead atoms. The molecule has 1 aromatic heterocycles. The van der Waals surface area contributed by atoms with Gasteiger partial charge in [-0.2, -0.15) is 20.5 Å². The largest absolute Gasteiger partial charge is 0.464 e. The van der Waals surface area contributed by atoms with Crippen molar-refractivity contribution in [2.45, 2.75) is 42.1 Å². The van der Waals surface area contributed by atoms with Crippen LogP contribution in [0.2, 0.25) is 0 Å². The van der Waals surface area contributed by atoms with Crippen molar-refractivity contribution in [1.29, 1.82) is 0 Å². The Labute approximate surface area is 121 Å². The van der Waals surface area contributed by atoms with Crippen LogP contribution >= 0.6 is 23.5 Å². The molecule has 0 saturated heterocycles. The average molecular weight is 307 g/mol. The lowest BCUT2D eigenvalue weighted by molar-refractivity contribution is 0.251. The van der Waals surface area contributed by atoms with Gasteiger partial charge in [-0.15, -0.1) is 0 Å². The summed E-state index contributed by atoms with van der Waals surface area (Å²) >= 11 is 2.52. The highest BCUT2D eigenvalue weighted by Gasteiger charge is 2.35. The quantitative estimate of drug-likeness (QED) is 0.781. The van der Waals surface area contributed by atoms with Gasteiger partial charge in [0.05, 0.1) is 12.3 Å². The molecule has 1 fully saturated rings. The van der Waals surface area contributed by atoms with Gasteiger partial charge >= 0.3 is 0 Å². The minimum absolute atomic E-state index is 0.229. The summed E-state index contributed by atoms with van der Waals surface area (Å²) in [7, 11) is 0. The van der Waals surface area contributed by atoms with Gasteiger partial charge in [0.15, 0.2) is 0 Å². The van der Waals surface area contributed by atoms with Crippen LogP contribution in [0.3, 0.4) is 0 Å². The predicted octanol–water partition coefficient (Wildman–Crippen LogP) is 4.11. The molecular weight excluding hydrogens is 288 g/mol. The van der Waals surface area contributed by atoms with Crippen LogP contribution in [-0.4, -0.2) is 23.3 Å². The van der Waals surface area contributed by atoms with E-state index >= 15 is 0 Å². The Kier molecular flexibility index (Phi) is 5.59. The average Bonchev–Trinajstić information content (AvgIpc) is 2.78. The Balaban J connectivity index is 1.71. The number of halogens is 2. The van der Waals surface area contributed by atoms with Crippen LogP contribution in [0, 0.1) is 0 Å². The molecule has 1 aliphatic carbocycles. The van der Waals surface area contributed by atoms with E-state index in [1.54, 1.807) is 6.07 Å². The number of hydrogen-bond donors (Lipinski definition) is 1. The van der Waals surface area contributed by atoms with Gasteiger partial charge in [0.2, 0.25) is 0 Å². The second kappa shape index (κ2) is 6.99. The monoisotopic (exact) mass is 307 g/mol. The minimum atomic E-state index is -2.34. The highest BCUT2D eigenvalue weighted by molar-refractivity contribution is 8.00. The van der Waals surface area contributed by atoms with E-state index in [1.807, 2.05) is 17.8 Å². The van der Waals surface area contributed by atoms with E-state index < -0.39 is 5.76 Å². The maximum Gasteiger partial charge on any atom is 0.284 e. The normalized spacial score (nSPS) is 17.7. The zero-order chi connectivity index (χ0) is 13.7. The van der Waals surface area contributed by atoms with Crippen molar-refractivity contribution in [1.82, 2.24) is 5.32 Å². The summed E-state index contributed by atoms with van der Waals surface area (Å²) in [5.74, 6) is -0.677. The smallest absolute Gasteiger partial charge is 0.284 e. The Bertz CT molecular complexity index is 388. The third kappa shape index (κ3) is 4.39. The molecule has 1 aliphatic rings. The van der Waals surface area contributed by atoms with Gasteiger partial charge in [0.25, 0.3) is 5.76 Å². The van der Waals surface area contributed by atoms with Crippen LogP contribution in [0.15, 0.2) is 16.5 Å². The molecule has 1 N–H and O–H groups in total. The molecule has 19 heavy (non-hydrogen) atoms. The van der Waals surface area contributed by atoms with Gasteiger partial charge in [-0.1, -0.05) is 18.2 Å². The molecule has 2 rings (SSSR count). The molecule has 1 heterocycles. The summed E-state index contributed by atoms with van der Waals surface area (Å²) in [5.41, 5.74) is 0. The molecule has 0 radical (unpaired) electrons. The Morgan fingerprint density at radius 2 is 2.11 bits per heavy atom. The number of furan rings is 1. The second-order valence-corrected chi connectivity index (χ2v) is 7.04. The Morgan fingerprint density at radius 3 is 2.68 bits per heavy atom. The fraction of sp³-hybridized carbons (Fsp3) is 0.692. The van der Waals surface area contributed by atoms with Crippen molar-refractivity contribution in [3.05, 3.63) is 23.7 Å². The molecule has 0 spiro atoms. The second-order valence-electron chi connectivity index (χ2n) is 4.78. The van der Waals surface area contributed by atoms with Crippen molar-refractivity contribution in [3.63, 3.8) is 0 Å². The van der Waals surface area contributed by atoms with Crippen molar-refractivity contribution in [3.8, 4) is 0 Å². The number of thioether (sulfide) groups is 2. The number of alkyl halides is 2. The van der Waals surface area contributed by atoms with Crippen LogP contribution in [-0.2, 0) is 12.3 Å². The van der Waals surface area contributed by atoms with E-state index in [4.69, 9.17) is 4.42 Å².